The Bertz CT molecular complexity index is 640. The van der Waals surface area contributed by atoms with Crippen LogP contribution in [0.3, 0.4) is 0 Å². The minimum Gasteiger partial charge on any atom is -0.442 e. The molecule has 1 aliphatic rings. The number of rotatable bonds is 5. The molecule has 0 unspecified atom stereocenters. The number of hydrogen-bond donors (Lipinski definition) is 1. The molecule has 0 aliphatic heterocycles. The van der Waals surface area contributed by atoms with E-state index in [0.29, 0.717) is 13.0 Å². The van der Waals surface area contributed by atoms with Crippen molar-refractivity contribution in [2.45, 2.75) is 65.1 Å². The highest BCUT2D eigenvalue weighted by atomic mass is 16.6. The van der Waals surface area contributed by atoms with Gasteiger partial charge in [-0.15, -0.1) is 0 Å². The number of amides is 1. The maximum absolute atomic E-state index is 11.7. The van der Waals surface area contributed by atoms with Crippen LogP contribution in [0.5, 0.6) is 0 Å². The molecule has 2 atom stereocenters. The molecular formula is C17H24N4O2. The van der Waals surface area contributed by atoms with Gasteiger partial charge >= 0.3 is 6.09 Å². The van der Waals surface area contributed by atoms with Gasteiger partial charge in [-0.2, -0.15) is 10.4 Å². The van der Waals surface area contributed by atoms with Crippen molar-refractivity contribution >= 4 is 6.09 Å². The van der Waals surface area contributed by atoms with E-state index in [9.17, 15) is 4.79 Å². The summed E-state index contributed by atoms with van der Waals surface area (Å²) in [5, 5.41) is 16.0. The Morgan fingerprint density at radius 3 is 2.91 bits per heavy atom. The van der Waals surface area contributed by atoms with Gasteiger partial charge in [0.2, 0.25) is 0 Å². The van der Waals surface area contributed by atoms with Crippen molar-refractivity contribution in [3.63, 3.8) is 0 Å². The molecule has 1 amide bonds. The third kappa shape index (κ3) is 4.13. The summed E-state index contributed by atoms with van der Waals surface area (Å²) < 4.78 is 7.31. The Morgan fingerprint density at radius 1 is 1.52 bits per heavy atom. The number of hydrogen-bond acceptors (Lipinski definition) is 4. The van der Waals surface area contributed by atoms with Crippen LogP contribution in [-0.4, -0.2) is 28.0 Å². The van der Waals surface area contributed by atoms with Crippen LogP contribution in [0.4, 0.5) is 4.79 Å². The standard InChI is InChI=1S/C17H24N4O2/c1-11(2)19-17(22)23-15-7-6-14(10-15)16-12(3)20-21(13(16)4)9-5-8-18/h6-7,11,14-15H,5,9-10H2,1-4H3,(H,19,22)/t14-,15+/m0/s1. The molecule has 0 saturated heterocycles. The van der Waals surface area contributed by atoms with E-state index in [-0.39, 0.29) is 24.2 Å². The molecule has 6 heteroatoms. The Balaban J connectivity index is 2.02. The normalized spacial score (nSPS) is 19.8. The van der Waals surface area contributed by atoms with Crippen LogP contribution in [-0.2, 0) is 11.3 Å². The Hall–Kier alpha value is -2.29. The molecule has 6 nitrogen and oxygen atoms in total. The molecule has 0 fully saturated rings. The molecule has 0 radical (unpaired) electrons. The highest BCUT2D eigenvalue weighted by Gasteiger charge is 2.27. The third-order valence-electron chi connectivity index (χ3n) is 3.95. The van der Waals surface area contributed by atoms with Crippen LogP contribution < -0.4 is 5.32 Å². The molecule has 0 bridgehead atoms. The zero-order valence-electron chi connectivity index (χ0n) is 14.2. The second-order valence-corrected chi connectivity index (χ2v) is 6.19. The number of nitriles is 1. The lowest BCUT2D eigenvalue weighted by Gasteiger charge is -2.15. The van der Waals surface area contributed by atoms with E-state index < -0.39 is 0 Å². The summed E-state index contributed by atoms with van der Waals surface area (Å²) in [6, 6.07) is 2.21. The van der Waals surface area contributed by atoms with E-state index in [4.69, 9.17) is 10.00 Å². The number of ether oxygens (including phenoxy) is 1. The van der Waals surface area contributed by atoms with Gasteiger partial charge in [0.15, 0.2) is 0 Å². The van der Waals surface area contributed by atoms with E-state index in [1.807, 2.05) is 38.5 Å². The molecule has 2 rings (SSSR count). The molecule has 1 heterocycles. The number of nitrogens with zero attached hydrogens (tertiary/aromatic N) is 3. The van der Waals surface area contributed by atoms with Gasteiger partial charge in [0.25, 0.3) is 0 Å². The first-order valence-electron chi connectivity index (χ1n) is 7.98. The van der Waals surface area contributed by atoms with Crippen LogP contribution in [0.1, 0.15) is 49.6 Å². The topological polar surface area (TPSA) is 79.9 Å². The summed E-state index contributed by atoms with van der Waals surface area (Å²) in [6.07, 6.45) is 4.61. The first kappa shape index (κ1) is 17.1. The van der Waals surface area contributed by atoms with Gasteiger partial charge in [0.1, 0.15) is 6.10 Å². The summed E-state index contributed by atoms with van der Waals surface area (Å²) in [5.41, 5.74) is 3.23. The quantitative estimate of drug-likeness (QED) is 0.847. The lowest BCUT2D eigenvalue weighted by Crippen LogP contribution is -2.33. The lowest BCUT2D eigenvalue weighted by atomic mass is 9.96. The molecule has 23 heavy (non-hydrogen) atoms. The number of carbonyl (C=O) groups is 1. The van der Waals surface area contributed by atoms with Crippen LogP contribution in [0, 0.1) is 25.2 Å². The second-order valence-electron chi connectivity index (χ2n) is 6.19. The van der Waals surface area contributed by atoms with E-state index in [0.717, 1.165) is 17.8 Å². The summed E-state index contributed by atoms with van der Waals surface area (Å²) in [7, 11) is 0. The fourth-order valence-corrected chi connectivity index (χ4v) is 3.00. The van der Waals surface area contributed by atoms with Crippen molar-refractivity contribution in [2.75, 3.05) is 0 Å². The van der Waals surface area contributed by atoms with Crippen molar-refractivity contribution in [3.8, 4) is 6.07 Å². The van der Waals surface area contributed by atoms with Crippen LogP contribution >= 0.6 is 0 Å². The number of aryl methyl sites for hydroxylation is 2. The minimum atomic E-state index is -0.381. The number of allylic oxidation sites excluding steroid dienone is 1. The minimum absolute atomic E-state index is 0.0616. The van der Waals surface area contributed by atoms with Gasteiger partial charge < -0.3 is 10.1 Å². The maximum atomic E-state index is 11.7. The predicted octanol–water partition coefficient (Wildman–Crippen LogP) is 2.96. The summed E-state index contributed by atoms with van der Waals surface area (Å²) >= 11 is 0. The SMILES string of the molecule is Cc1nn(CCC#N)c(C)c1[C@H]1C=C[C@@H](OC(=O)NC(C)C)C1. The van der Waals surface area contributed by atoms with Crippen molar-refractivity contribution in [3.05, 3.63) is 29.1 Å². The van der Waals surface area contributed by atoms with Crippen LogP contribution in [0.15, 0.2) is 12.2 Å². The number of aromatic nitrogens is 2. The molecular weight excluding hydrogens is 292 g/mol. The average Bonchev–Trinajstić information content (AvgIpc) is 3.00. The molecule has 1 N–H and O–H groups in total. The van der Waals surface area contributed by atoms with Gasteiger partial charge in [-0.05, 0) is 40.2 Å². The summed E-state index contributed by atoms with van der Waals surface area (Å²) in [5.74, 6) is 0.197. The van der Waals surface area contributed by atoms with Gasteiger partial charge in [0.05, 0.1) is 24.7 Å². The average molecular weight is 316 g/mol. The largest absolute Gasteiger partial charge is 0.442 e. The van der Waals surface area contributed by atoms with Crippen molar-refractivity contribution in [1.29, 1.82) is 5.26 Å². The molecule has 1 aromatic heterocycles. The Morgan fingerprint density at radius 2 is 2.26 bits per heavy atom. The predicted molar refractivity (Wildman–Crippen MR) is 87.0 cm³/mol. The zero-order chi connectivity index (χ0) is 17.0. The monoisotopic (exact) mass is 316 g/mol. The van der Waals surface area contributed by atoms with E-state index >= 15 is 0 Å². The van der Waals surface area contributed by atoms with E-state index in [1.54, 1.807) is 0 Å². The third-order valence-corrected chi connectivity index (χ3v) is 3.95. The molecule has 0 aromatic carbocycles. The molecule has 0 saturated carbocycles. The highest BCUT2D eigenvalue weighted by molar-refractivity contribution is 5.68. The fraction of sp³-hybridized carbons (Fsp3) is 0.588. The number of nitrogens with one attached hydrogen (secondary N) is 1. The fourth-order valence-electron chi connectivity index (χ4n) is 3.00. The van der Waals surface area contributed by atoms with E-state index in [1.165, 1.54) is 5.56 Å². The lowest BCUT2D eigenvalue weighted by molar-refractivity contribution is 0.115. The van der Waals surface area contributed by atoms with Crippen LogP contribution in [0.2, 0.25) is 0 Å². The van der Waals surface area contributed by atoms with Crippen molar-refractivity contribution < 1.29 is 9.53 Å². The number of carbonyl (C=O) groups excluding carboxylic acids is 1. The highest BCUT2D eigenvalue weighted by Crippen LogP contribution is 2.34. The molecule has 124 valence electrons. The molecule has 0 spiro atoms. The van der Waals surface area contributed by atoms with E-state index in [2.05, 4.69) is 22.6 Å². The molecule has 1 aliphatic carbocycles. The van der Waals surface area contributed by atoms with Gasteiger partial charge in [-0.1, -0.05) is 6.08 Å². The smallest absolute Gasteiger partial charge is 0.407 e. The number of alkyl carbamates (subject to hydrolysis) is 1. The molecule has 1 aromatic rings. The van der Waals surface area contributed by atoms with Gasteiger partial charge in [0, 0.05) is 23.2 Å². The summed E-state index contributed by atoms with van der Waals surface area (Å²) in [6.45, 7) is 8.42. The first-order valence-corrected chi connectivity index (χ1v) is 7.98. The maximum Gasteiger partial charge on any atom is 0.407 e. The van der Waals surface area contributed by atoms with Gasteiger partial charge in [-0.25, -0.2) is 4.79 Å². The van der Waals surface area contributed by atoms with Gasteiger partial charge in [-0.3, -0.25) is 4.68 Å². The second kappa shape index (κ2) is 7.32. The summed E-state index contributed by atoms with van der Waals surface area (Å²) in [4.78, 5) is 11.7. The Kier molecular flexibility index (Phi) is 5.43. The zero-order valence-corrected chi connectivity index (χ0v) is 14.2. The Labute approximate surface area is 137 Å². The van der Waals surface area contributed by atoms with Crippen LogP contribution in [0.25, 0.3) is 0 Å². The van der Waals surface area contributed by atoms with Crippen molar-refractivity contribution in [1.82, 2.24) is 15.1 Å². The first-order chi connectivity index (χ1) is 10.9. The van der Waals surface area contributed by atoms with Crippen molar-refractivity contribution in [2.24, 2.45) is 0 Å².